The Morgan fingerprint density at radius 1 is 1.00 bits per heavy atom. The molecule has 4 N–H and O–H groups in total. The number of aromatic nitrogens is 1. The van der Waals surface area contributed by atoms with Crippen molar-refractivity contribution in [3.63, 3.8) is 0 Å². The zero-order valence-electron chi connectivity index (χ0n) is 26.2. The molecule has 49 heavy (non-hydrogen) atoms. The third kappa shape index (κ3) is 7.96. The molecule has 1 saturated heterocycles. The van der Waals surface area contributed by atoms with E-state index < -0.39 is 52.2 Å². The number of oxime groups is 1. The second-order valence-electron chi connectivity index (χ2n) is 11.8. The van der Waals surface area contributed by atoms with Gasteiger partial charge >= 0.3 is 12.1 Å². The molecule has 3 aromatic carbocycles. The zero-order valence-corrected chi connectivity index (χ0v) is 27.0. The van der Waals surface area contributed by atoms with Crippen molar-refractivity contribution in [1.29, 1.82) is 0 Å². The molecule has 1 aromatic heterocycles. The summed E-state index contributed by atoms with van der Waals surface area (Å²) in [7, 11) is -4.25. The monoisotopic (exact) mass is 686 g/mol. The van der Waals surface area contributed by atoms with E-state index in [2.05, 4.69) is 25.5 Å². The molecule has 4 aromatic rings. The van der Waals surface area contributed by atoms with Crippen LogP contribution in [0.2, 0.25) is 0 Å². The van der Waals surface area contributed by atoms with Crippen LogP contribution in [-0.2, 0) is 35.8 Å². The molecule has 0 saturated carbocycles. The van der Waals surface area contributed by atoms with Gasteiger partial charge in [0.15, 0.2) is 5.60 Å². The summed E-state index contributed by atoms with van der Waals surface area (Å²) in [5.74, 6) is -1.58. The fourth-order valence-electron chi connectivity index (χ4n) is 5.84. The molecule has 0 radical (unpaired) electrons. The average Bonchev–Trinajstić information content (AvgIpc) is 3.71. The number of carbonyl (C=O) groups is 3. The lowest BCUT2D eigenvalue weighted by atomic mass is 9.94. The third-order valence-electron chi connectivity index (χ3n) is 8.32. The highest BCUT2D eigenvalue weighted by molar-refractivity contribution is 7.89. The number of fused-ring (bicyclic) bond motifs is 1. The third-order valence-corrected chi connectivity index (χ3v) is 9.79. The quantitative estimate of drug-likeness (QED) is 0.172. The largest absolute Gasteiger partial charge is 0.480 e. The number of amides is 2. The number of carboxylic acid groups (broad SMARTS) is 1. The van der Waals surface area contributed by atoms with Gasteiger partial charge in [0.05, 0.1) is 17.5 Å². The Kier molecular flexibility index (Phi) is 9.73. The van der Waals surface area contributed by atoms with Crippen molar-refractivity contribution in [2.75, 3.05) is 25.0 Å². The number of hydrogen-bond donors (Lipinski definition) is 4. The Morgan fingerprint density at radius 2 is 1.76 bits per heavy atom. The van der Waals surface area contributed by atoms with E-state index >= 15 is 0 Å². The summed E-state index contributed by atoms with van der Waals surface area (Å²) in [5, 5.41) is 20.9. The lowest BCUT2D eigenvalue weighted by molar-refractivity contribution is -0.138. The molecular formula is C34H34N6O8S. The van der Waals surface area contributed by atoms with Gasteiger partial charge in [-0.3, -0.25) is 14.5 Å². The molecule has 14 nitrogen and oxygen atoms in total. The van der Waals surface area contributed by atoms with Gasteiger partial charge in [0.2, 0.25) is 10.0 Å². The number of likely N-dealkylation sites (tertiary alicyclic amines) is 1. The first-order chi connectivity index (χ1) is 23.6. The maximum Gasteiger partial charge on any atom is 0.410 e. The standard InChI is InChI=1S/C34H34N6O8S/c41-31(37-20-29(32(42)43)39-49(45,46)27-14-13-24-10-4-5-11-25(24)16-27)28-18-34(48-38-28)17-26(19-36-30-12-6-7-15-35-30)40(22-34)33(44)47-21-23-8-2-1-3-9-23/h1-16,26,29,39H,17-22H2,(H,35,36)(H,37,41)(H,42,43)/t26?,29-,34?/m0/s1. The van der Waals surface area contributed by atoms with Crippen molar-refractivity contribution in [3.8, 4) is 0 Å². The number of sulfonamides is 1. The van der Waals surface area contributed by atoms with E-state index in [-0.39, 0.29) is 30.2 Å². The second kappa shape index (κ2) is 14.3. The van der Waals surface area contributed by atoms with Crippen LogP contribution in [0.5, 0.6) is 0 Å². The number of rotatable bonds is 12. The lowest BCUT2D eigenvalue weighted by Crippen LogP contribution is -2.49. The molecule has 2 aliphatic rings. The van der Waals surface area contributed by atoms with Gasteiger partial charge in [-0.1, -0.05) is 71.9 Å². The van der Waals surface area contributed by atoms with Crippen LogP contribution in [0.15, 0.2) is 107 Å². The van der Waals surface area contributed by atoms with Gasteiger partial charge in [0.25, 0.3) is 5.91 Å². The molecule has 0 bridgehead atoms. The first-order valence-electron chi connectivity index (χ1n) is 15.5. The minimum absolute atomic E-state index is 0.0162. The summed E-state index contributed by atoms with van der Waals surface area (Å²) in [4.78, 5) is 49.9. The van der Waals surface area contributed by atoms with Crippen LogP contribution in [0.3, 0.4) is 0 Å². The minimum Gasteiger partial charge on any atom is -0.480 e. The van der Waals surface area contributed by atoms with Crippen molar-refractivity contribution in [1.82, 2.24) is 19.9 Å². The normalized spacial score (nSPS) is 19.2. The number of pyridine rings is 1. The first kappa shape index (κ1) is 33.4. The first-order valence-corrected chi connectivity index (χ1v) is 17.0. The van der Waals surface area contributed by atoms with Crippen LogP contribution in [0.4, 0.5) is 10.6 Å². The fraction of sp³-hybridized carbons (Fsp3) is 0.265. The van der Waals surface area contributed by atoms with Crippen molar-refractivity contribution < 1.29 is 37.5 Å². The number of anilines is 1. The van der Waals surface area contributed by atoms with E-state index in [4.69, 9.17) is 9.57 Å². The van der Waals surface area contributed by atoms with E-state index in [1.165, 1.54) is 17.0 Å². The fourth-order valence-corrected chi connectivity index (χ4v) is 7.06. The molecule has 2 amide bonds. The maximum atomic E-state index is 13.3. The molecule has 0 aliphatic carbocycles. The SMILES string of the molecule is O=C(NC[C@H](NS(=O)(=O)c1ccc2ccccc2c1)C(=O)O)C1=NOC2(C1)CC(CNc1ccccn1)N(C(=O)OCc1ccccc1)C2. The molecule has 3 atom stereocenters. The number of nitrogens with zero attached hydrogens (tertiary/aromatic N) is 3. The smallest absolute Gasteiger partial charge is 0.410 e. The van der Waals surface area contributed by atoms with Gasteiger partial charge in [-0.05, 0) is 40.6 Å². The molecule has 2 unspecified atom stereocenters. The predicted molar refractivity (Wildman–Crippen MR) is 179 cm³/mol. The minimum atomic E-state index is -4.25. The van der Waals surface area contributed by atoms with Gasteiger partial charge in [0, 0.05) is 32.1 Å². The number of hydrogen-bond acceptors (Lipinski definition) is 10. The van der Waals surface area contributed by atoms with Gasteiger partial charge in [-0.15, -0.1) is 0 Å². The molecule has 6 rings (SSSR count). The van der Waals surface area contributed by atoms with E-state index in [1.54, 1.807) is 36.5 Å². The number of benzene rings is 3. The molecule has 2 aliphatic heterocycles. The highest BCUT2D eigenvalue weighted by Crippen LogP contribution is 2.38. The number of ether oxygens (including phenoxy) is 1. The molecular weight excluding hydrogens is 652 g/mol. The highest BCUT2D eigenvalue weighted by atomic mass is 32.2. The Bertz CT molecular complexity index is 1980. The van der Waals surface area contributed by atoms with Gasteiger partial charge in [-0.2, -0.15) is 4.72 Å². The van der Waals surface area contributed by atoms with E-state index in [1.807, 2.05) is 48.5 Å². The lowest BCUT2D eigenvalue weighted by Gasteiger charge is -2.24. The Labute approximate surface area is 282 Å². The summed E-state index contributed by atoms with van der Waals surface area (Å²) in [6.45, 7) is -0.0774. The van der Waals surface area contributed by atoms with Crippen molar-refractivity contribution in [3.05, 3.63) is 103 Å². The van der Waals surface area contributed by atoms with Crippen LogP contribution in [-0.4, -0.2) is 84.4 Å². The number of carbonyl (C=O) groups excluding carboxylic acids is 2. The highest BCUT2D eigenvalue weighted by Gasteiger charge is 2.52. The van der Waals surface area contributed by atoms with Gasteiger partial charge in [0.1, 0.15) is 24.2 Å². The zero-order chi connectivity index (χ0) is 34.4. The van der Waals surface area contributed by atoms with Gasteiger partial charge in [-0.25, -0.2) is 18.2 Å². The Hall–Kier alpha value is -5.54. The van der Waals surface area contributed by atoms with E-state index in [0.717, 1.165) is 10.9 Å². The number of carboxylic acids is 1. The summed E-state index contributed by atoms with van der Waals surface area (Å²) < 4.78 is 33.9. The van der Waals surface area contributed by atoms with E-state index in [9.17, 15) is 27.9 Å². The average molecular weight is 687 g/mol. The van der Waals surface area contributed by atoms with Crippen molar-refractivity contribution in [2.45, 2.75) is 42.0 Å². The second-order valence-corrected chi connectivity index (χ2v) is 13.6. The summed E-state index contributed by atoms with van der Waals surface area (Å²) in [5.41, 5.74) is -0.220. The van der Waals surface area contributed by atoms with Crippen molar-refractivity contribution >= 4 is 50.3 Å². The van der Waals surface area contributed by atoms with Crippen LogP contribution < -0.4 is 15.4 Å². The van der Waals surface area contributed by atoms with Crippen molar-refractivity contribution in [2.24, 2.45) is 5.16 Å². The number of nitrogens with one attached hydrogen (secondary N) is 3. The molecule has 254 valence electrons. The van der Waals surface area contributed by atoms with Crippen LogP contribution in [0.1, 0.15) is 18.4 Å². The van der Waals surface area contributed by atoms with E-state index in [0.29, 0.717) is 24.2 Å². The maximum absolute atomic E-state index is 13.3. The molecule has 3 heterocycles. The summed E-state index contributed by atoms with van der Waals surface area (Å²) in [6, 6.07) is 24.2. The van der Waals surface area contributed by atoms with Crippen LogP contribution >= 0.6 is 0 Å². The van der Waals surface area contributed by atoms with Gasteiger partial charge < -0.3 is 25.3 Å². The van der Waals surface area contributed by atoms with Crippen LogP contribution in [0, 0.1) is 0 Å². The predicted octanol–water partition coefficient (Wildman–Crippen LogP) is 3.12. The summed E-state index contributed by atoms with van der Waals surface area (Å²) >= 11 is 0. The Balaban J connectivity index is 1.08. The Morgan fingerprint density at radius 3 is 2.51 bits per heavy atom. The molecule has 1 spiro atoms. The molecule has 1 fully saturated rings. The molecule has 15 heteroatoms. The summed E-state index contributed by atoms with van der Waals surface area (Å²) in [6.07, 6.45) is 1.43. The topological polar surface area (TPSA) is 189 Å². The number of aliphatic carboxylic acids is 1. The van der Waals surface area contributed by atoms with Crippen LogP contribution in [0.25, 0.3) is 10.8 Å².